The minimum atomic E-state index is -0.210. The van der Waals surface area contributed by atoms with Crippen LogP contribution in [0.4, 0.5) is 16.5 Å². The molecule has 1 aromatic heterocycles. The second-order valence-electron chi connectivity index (χ2n) is 9.07. The van der Waals surface area contributed by atoms with Crippen LogP contribution in [0, 0.1) is 0 Å². The third-order valence-corrected chi connectivity index (χ3v) is 7.73. The average molecular weight is 531 g/mol. The molecule has 0 bridgehead atoms. The van der Waals surface area contributed by atoms with Gasteiger partial charge in [-0.2, -0.15) is 0 Å². The van der Waals surface area contributed by atoms with Crippen molar-refractivity contribution in [3.05, 3.63) is 106 Å². The van der Waals surface area contributed by atoms with Crippen LogP contribution in [0.15, 0.2) is 85.1 Å². The van der Waals surface area contributed by atoms with Crippen molar-refractivity contribution in [1.29, 1.82) is 0 Å². The van der Waals surface area contributed by atoms with Crippen molar-refractivity contribution < 1.29 is 9.59 Å². The topological polar surface area (TPSA) is 65.5 Å². The molecular formula is C29H27ClN4O2S. The smallest absolute Gasteiger partial charge is 0.270 e. The zero-order chi connectivity index (χ0) is 25.9. The van der Waals surface area contributed by atoms with Gasteiger partial charge in [-0.25, -0.2) is 4.98 Å². The van der Waals surface area contributed by atoms with Crippen LogP contribution in [0.5, 0.6) is 0 Å². The van der Waals surface area contributed by atoms with Crippen molar-refractivity contribution in [2.24, 2.45) is 0 Å². The molecule has 4 aromatic rings. The SMILES string of the molecule is CC(=O)N(c1ccc(Cl)cc1)[C@@H]1C[C@H](C)N(C(=O)c2cnc(NCc3ccccc3)s2)c2ccccc21. The van der Waals surface area contributed by atoms with E-state index in [0.29, 0.717) is 28.0 Å². The first-order valence-corrected chi connectivity index (χ1v) is 13.3. The molecule has 1 N–H and O–H groups in total. The summed E-state index contributed by atoms with van der Waals surface area (Å²) in [5, 5.41) is 4.63. The molecule has 0 unspecified atom stereocenters. The van der Waals surface area contributed by atoms with Crippen LogP contribution >= 0.6 is 22.9 Å². The van der Waals surface area contributed by atoms with Crippen LogP contribution in [0.1, 0.15) is 47.1 Å². The number of hydrogen-bond acceptors (Lipinski definition) is 5. The van der Waals surface area contributed by atoms with Crippen molar-refractivity contribution in [2.75, 3.05) is 15.1 Å². The van der Waals surface area contributed by atoms with Gasteiger partial charge in [-0.1, -0.05) is 71.5 Å². The van der Waals surface area contributed by atoms with Gasteiger partial charge in [0.1, 0.15) is 4.88 Å². The minimum absolute atomic E-state index is 0.0642. The Bertz CT molecular complexity index is 1410. The molecule has 0 saturated carbocycles. The van der Waals surface area contributed by atoms with Crippen LogP contribution in [0.25, 0.3) is 0 Å². The van der Waals surface area contributed by atoms with Crippen molar-refractivity contribution in [2.45, 2.75) is 38.9 Å². The first kappa shape index (κ1) is 25.0. The third-order valence-electron chi connectivity index (χ3n) is 6.54. The molecule has 2 heterocycles. The van der Waals surface area contributed by atoms with E-state index in [-0.39, 0.29) is 23.9 Å². The van der Waals surface area contributed by atoms with Gasteiger partial charge in [0.25, 0.3) is 5.91 Å². The summed E-state index contributed by atoms with van der Waals surface area (Å²) in [7, 11) is 0. The molecule has 8 heteroatoms. The molecule has 0 saturated heterocycles. The van der Waals surface area contributed by atoms with E-state index in [9.17, 15) is 9.59 Å². The number of carbonyl (C=O) groups is 2. The summed E-state index contributed by atoms with van der Waals surface area (Å²) in [5.74, 6) is -0.157. The number of aromatic nitrogens is 1. The van der Waals surface area contributed by atoms with Crippen molar-refractivity contribution >= 4 is 51.3 Å². The lowest BCUT2D eigenvalue weighted by Crippen LogP contribution is -2.47. The second-order valence-corrected chi connectivity index (χ2v) is 10.5. The van der Waals surface area contributed by atoms with Gasteiger partial charge in [-0.05, 0) is 54.8 Å². The quantitative estimate of drug-likeness (QED) is 0.293. The summed E-state index contributed by atoms with van der Waals surface area (Å²) < 4.78 is 0. The fourth-order valence-electron chi connectivity index (χ4n) is 4.87. The highest BCUT2D eigenvalue weighted by molar-refractivity contribution is 7.17. The van der Waals surface area contributed by atoms with Crippen LogP contribution in [-0.2, 0) is 11.3 Å². The Labute approximate surface area is 225 Å². The zero-order valence-corrected chi connectivity index (χ0v) is 22.2. The lowest BCUT2D eigenvalue weighted by molar-refractivity contribution is -0.117. The number of halogens is 1. The van der Waals surface area contributed by atoms with E-state index in [4.69, 9.17) is 11.6 Å². The van der Waals surface area contributed by atoms with Crippen molar-refractivity contribution in [3.63, 3.8) is 0 Å². The van der Waals surface area contributed by atoms with Crippen LogP contribution in [0.3, 0.4) is 0 Å². The number of benzene rings is 3. The lowest BCUT2D eigenvalue weighted by atomic mass is 9.89. The van der Waals surface area contributed by atoms with E-state index >= 15 is 0 Å². The van der Waals surface area contributed by atoms with Gasteiger partial charge in [-0.3, -0.25) is 9.59 Å². The van der Waals surface area contributed by atoms with Crippen molar-refractivity contribution in [1.82, 2.24) is 4.98 Å². The van der Waals surface area contributed by atoms with Crippen LogP contribution < -0.4 is 15.1 Å². The summed E-state index contributed by atoms with van der Waals surface area (Å²) in [5.41, 5.74) is 3.67. The van der Waals surface area contributed by atoms with E-state index in [1.807, 2.05) is 78.6 Å². The van der Waals surface area contributed by atoms with E-state index in [2.05, 4.69) is 10.3 Å². The fraction of sp³-hybridized carbons (Fsp3) is 0.207. The number of nitrogens with one attached hydrogen (secondary N) is 1. The Balaban J connectivity index is 1.42. The third kappa shape index (κ3) is 5.24. The number of thiazole rings is 1. The molecule has 1 aliphatic rings. The van der Waals surface area contributed by atoms with E-state index < -0.39 is 0 Å². The van der Waals surface area contributed by atoms with Gasteiger partial charge < -0.3 is 15.1 Å². The van der Waals surface area contributed by atoms with Gasteiger partial charge >= 0.3 is 0 Å². The number of anilines is 3. The normalized spacial score (nSPS) is 16.7. The number of para-hydroxylation sites is 1. The molecule has 3 aromatic carbocycles. The Morgan fingerprint density at radius 2 is 1.76 bits per heavy atom. The molecular weight excluding hydrogens is 504 g/mol. The highest BCUT2D eigenvalue weighted by Crippen LogP contribution is 2.43. The number of carbonyl (C=O) groups excluding carboxylic acids is 2. The molecule has 6 nitrogen and oxygen atoms in total. The number of amides is 2. The Morgan fingerprint density at radius 1 is 1.05 bits per heavy atom. The molecule has 0 radical (unpaired) electrons. The average Bonchev–Trinajstić information content (AvgIpc) is 3.38. The molecule has 2 atom stereocenters. The summed E-state index contributed by atoms with van der Waals surface area (Å²) in [6, 6.07) is 24.8. The zero-order valence-electron chi connectivity index (χ0n) is 20.6. The Morgan fingerprint density at radius 3 is 2.49 bits per heavy atom. The largest absolute Gasteiger partial charge is 0.357 e. The number of hydrogen-bond donors (Lipinski definition) is 1. The minimum Gasteiger partial charge on any atom is -0.357 e. The summed E-state index contributed by atoms with van der Waals surface area (Å²) in [6.07, 6.45) is 2.24. The molecule has 37 heavy (non-hydrogen) atoms. The number of rotatable bonds is 6. The second kappa shape index (κ2) is 10.7. The molecule has 0 aliphatic carbocycles. The highest BCUT2D eigenvalue weighted by Gasteiger charge is 2.38. The molecule has 188 valence electrons. The predicted octanol–water partition coefficient (Wildman–Crippen LogP) is 6.94. The standard InChI is InChI=1S/C29H27ClN4O2S/c1-19-16-26(34(20(2)35)23-14-12-22(30)13-15-23)24-10-6-7-11-25(24)33(19)28(36)27-18-32-29(37-27)31-17-21-8-4-3-5-9-21/h3-15,18-19,26H,16-17H2,1-2H3,(H,31,32)/t19-,26+/m0/s1. The maximum absolute atomic E-state index is 13.8. The Kier molecular flexibility index (Phi) is 7.26. The van der Waals surface area contributed by atoms with Gasteiger partial charge in [0.15, 0.2) is 5.13 Å². The van der Waals surface area contributed by atoms with Gasteiger partial charge in [-0.15, -0.1) is 0 Å². The monoisotopic (exact) mass is 530 g/mol. The number of fused-ring (bicyclic) bond motifs is 1. The first-order chi connectivity index (χ1) is 17.9. The van der Waals surface area contributed by atoms with E-state index in [0.717, 1.165) is 22.5 Å². The first-order valence-electron chi connectivity index (χ1n) is 12.1. The maximum atomic E-state index is 13.8. The van der Waals surface area contributed by atoms with Crippen molar-refractivity contribution in [3.8, 4) is 0 Å². The fourth-order valence-corrected chi connectivity index (χ4v) is 5.74. The summed E-state index contributed by atoms with van der Waals surface area (Å²) in [6.45, 7) is 4.23. The van der Waals surface area contributed by atoms with Crippen LogP contribution in [0.2, 0.25) is 5.02 Å². The predicted molar refractivity (Wildman–Crippen MR) is 151 cm³/mol. The number of nitrogens with zero attached hydrogens (tertiary/aromatic N) is 3. The summed E-state index contributed by atoms with van der Waals surface area (Å²) in [4.78, 5) is 35.2. The lowest BCUT2D eigenvalue weighted by Gasteiger charge is -2.43. The summed E-state index contributed by atoms with van der Waals surface area (Å²) >= 11 is 7.44. The van der Waals surface area contributed by atoms with Gasteiger partial charge in [0, 0.05) is 35.9 Å². The van der Waals surface area contributed by atoms with Gasteiger partial charge in [0.05, 0.1) is 12.2 Å². The maximum Gasteiger partial charge on any atom is 0.270 e. The molecule has 5 rings (SSSR count). The Hall–Kier alpha value is -3.68. The molecule has 1 aliphatic heterocycles. The van der Waals surface area contributed by atoms with E-state index in [1.165, 1.54) is 11.3 Å². The van der Waals surface area contributed by atoms with E-state index in [1.54, 1.807) is 30.2 Å². The molecule has 0 fully saturated rings. The van der Waals surface area contributed by atoms with Crippen LogP contribution in [-0.4, -0.2) is 22.8 Å². The van der Waals surface area contributed by atoms with Gasteiger partial charge in [0.2, 0.25) is 5.91 Å². The highest BCUT2D eigenvalue weighted by atomic mass is 35.5. The molecule has 0 spiro atoms. The molecule has 2 amide bonds.